The Hall–Kier alpha value is -2.55. The number of quaternary nitrogens is 1. The minimum atomic E-state index is -4.65. The Labute approximate surface area is 469 Å². The molecule has 0 saturated heterocycles. The lowest BCUT2D eigenvalue weighted by molar-refractivity contribution is -0.870. The molecule has 0 aliphatic carbocycles. The van der Waals surface area contributed by atoms with Gasteiger partial charge in [0.15, 0.2) is 6.10 Å². The number of unbranched alkanes of at least 4 members (excludes halogenated alkanes) is 32. The minimum absolute atomic E-state index is 0.0432. The monoisotopic (exact) mass is 1090 g/mol. The SMILES string of the molecule is CC/C=C\C/C=C\C/C=C\C/C=C\C/C=C\CCCC(=O)OC(COC(=O)CCCCCCCCCCCCCCCCCCCCCCCCC/C=C\CCCCCCCCCC)COP(=O)([O-])OCC[N+](C)(C)C. The van der Waals surface area contributed by atoms with Crippen molar-refractivity contribution in [1.29, 1.82) is 0 Å². The molecule has 0 radical (unpaired) electrons. The molecule has 0 spiro atoms. The summed E-state index contributed by atoms with van der Waals surface area (Å²) in [5, 5.41) is 0. The van der Waals surface area contributed by atoms with Gasteiger partial charge in [0.25, 0.3) is 7.82 Å². The molecule has 0 bridgehead atoms. The van der Waals surface area contributed by atoms with Crippen molar-refractivity contribution in [2.75, 3.05) is 47.5 Å². The van der Waals surface area contributed by atoms with E-state index in [4.69, 9.17) is 18.5 Å². The van der Waals surface area contributed by atoms with Gasteiger partial charge in [-0.25, -0.2) is 0 Å². The Balaban J connectivity index is 4.00. The maximum atomic E-state index is 12.7. The van der Waals surface area contributed by atoms with Crippen molar-refractivity contribution < 1.29 is 42.1 Å². The summed E-state index contributed by atoms with van der Waals surface area (Å²) in [5.74, 6) is -0.895. The van der Waals surface area contributed by atoms with E-state index in [0.717, 1.165) is 51.4 Å². The van der Waals surface area contributed by atoms with E-state index in [-0.39, 0.29) is 26.1 Å². The third-order valence-electron chi connectivity index (χ3n) is 13.7. The van der Waals surface area contributed by atoms with Gasteiger partial charge in [-0.2, -0.15) is 0 Å². The molecule has 442 valence electrons. The number of phosphoric acid groups is 1. The Bertz CT molecular complexity index is 1510. The molecule has 9 nitrogen and oxygen atoms in total. The van der Waals surface area contributed by atoms with Crippen molar-refractivity contribution >= 4 is 19.8 Å². The van der Waals surface area contributed by atoms with E-state index in [1.807, 2.05) is 27.2 Å². The average Bonchev–Trinajstić information content (AvgIpc) is 3.38. The van der Waals surface area contributed by atoms with E-state index < -0.39 is 32.5 Å². The number of allylic oxidation sites excluding steroid dienone is 12. The summed E-state index contributed by atoms with van der Waals surface area (Å²) in [4.78, 5) is 37.8. The van der Waals surface area contributed by atoms with Crippen LogP contribution in [-0.2, 0) is 32.7 Å². The third-order valence-corrected chi connectivity index (χ3v) is 14.7. The molecule has 0 N–H and O–H groups in total. The number of carbonyl (C=O) groups excluding carboxylic acids is 2. The quantitative estimate of drug-likeness (QED) is 0.0195. The number of hydrogen-bond acceptors (Lipinski definition) is 8. The van der Waals surface area contributed by atoms with E-state index in [0.29, 0.717) is 23.9 Å². The minimum Gasteiger partial charge on any atom is -0.756 e. The Kier molecular flexibility index (Phi) is 55.2. The number of rotatable bonds is 58. The van der Waals surface area contributed by atoms with Gasteiger partial charge in [-0.15, -0.1) is 0 Å². The van der Waals surface area contributed by atoms with Crippen LogP contribution < -0.4 is 4.89 Å². The van der Waals surface area contributed by atoms with Crippen molar-refractivity contribution in [3.8, 4) is 0 Å². The fourth-order valence-electron chi connectivity index (χ4n) is 8.87. The zero-order valence-electron chi connectivity index (χ0n) is 50.2. The predicted molar refractivity (Wildman–Crippen MR) is 323 cm³/mol. The van der Waals surface area contributed by atoms with Crippen LogP contribution in [0.15, 0.2) is 72.9 Å². The first-order chi connectivity index (χ1) is 37.0. The van der Waals surface area contributed by atoms with Gasteiger partial charge in [0, 0.05) is 12.8 Å². The van der Waals surface area contributed by atoms with Crippen LogP contribution in [0.4, 0.5) is 0 Å². The first kappa shape index (κ1) is 73.5. The predicted octanol–water partition coefficient (Wildman–Crippen LogP) is 19.4. The van der Waals surface area contributed by atoms with Gasteiger partial charge in [-0.1, -0.05) is 267 Å². The van der Waals surface area contributed by atoms with Crippen LogP contribution in [0.1, 0.15) is 284 Å². The zero-order chi connectivity index (χ0) is 55.6. The van der Waals surface area contributed by atoms with Gasteiger partial charge in [-0.3, -0.25) is 14.2 Å². The standard InChI is InChI=1S/C66H120NO8P/c1-6-8-10-12-14-16-18-20-22-24-25-26-27-28-29-30-31-32-33-34-35-36-37-38-39-40-41-43-44-46-48-50-52-54-56-58-65(68)72-62-64(63-74-76(70,71)73-61-60-67(3,4)5)75-66(69)59-57-55-53-51-49-47-45-42-23-21-19-17-15-13-11-9-7-2/h9,11,15,17,21,23-25,45,47,51,53,64H,6-8,10,12-14,16,18-20,22,26-44,46,48-50,52,54-63H2,1-5H3/b11-9-,17-15-,23-21-,25-24-,47-45-,53-51-. The number of esters is 2. The first-order valence-corrected chi connectivity index (χ1v) is 33.1. The summed E-state index contributed by atoms with van der Waals surface area (Å²) < 4.78 is 34.1. The lowest BCUT2D eigenvalue weighted by atomic mass is 10.0. The molecule has 0 heterocycles. The fourth-order valence-corrected chi connectivity index (χ4v) is 9.59. The summed E-state index contributed by atoms with van der Waals surface area (Å²) in [6.07, 6.45) is 75.7. The highest BCUT2D eigenvalue weighted by atomic mass is 31.2. The van der Waals surface area contributed by atoms with E-state index in [1.165, 1.54) is 193 Å². The molecule has 0 rings (SSSR count). The van der Waals surface area contributed by atoms with Crippen LogP contribution >= 0.6 is 7.82 Å². The normalized spacial score (nSPS) is 13.7. The number of hydrogen-bond donors (Lipinski definition) is 0. The van der Waals surface area contributed by atoms with Crippen LogP contribution in [-0.4, -0.2) is 70.0 Å². The van der Waals surface area contributed by atoms with Crippen LogP contribution in [0.5, 0.6) is 0 Å². The largest absolute Gasteiger partial charge is 0.756 e. The van der Waals surface area contributed by atoms with Crippen molar-refractivity contribution in [2.24, 2.45) is 0 Å². The molecule has 0 amide bonds. The summed E-state index contributed by atoms with van der Waals surface area (Å²) in [6, 6.07) is 0. The summed E-state index contributed by atoms with van der Waals surface area (Å²) in [5.41, 5.74) is 0. The highest BCUT2D eigenvalue weighted by Crippen LogP contribution is 2.38. The number of ether oxygens (including phenoxy) is 2. The maximum Gasteiger partial charge on any atom is 0.306 e. The average molecular weight is 1090 g/mol. The maximum absolute atomic E-state index is 12.7. The van der Waals surface area contributed by atoms with Gasteiger partial charge in [0.05, 0.1) is 27.7 Å². The van der Waals surface area contributed by atoms with Gasteiger partial charge >= 0.3 is 11.9 Å². The van der Waals surface area contributed by atoms with Gasteiger partial charge in [0.1, 0.15) is 19.8 Å². The molecule has 0 aromatic carbocycles. The highest BCUT2D eigenvalue weighted by Gasteiger charge is 2.21. The van der Waals surface area contributed by atoms with Crippen molar-refractivity contribution in [3.63, 3.8) is 0 Å². The van der Waals surface area contributed by atoms with E-state index in [9.17, 15) is 19.0 Å². The summed E-state index contributed by atoms with van der Waals surface area (Å²) in [6.45, 7) is 4.08. The fraction of sp³-hybridized carbons (Fsp3) is 0.788. The topological polar surface area (TPSA) is 111 Å². The van der Waals surface area contributed by atoms with Crippen LogP contribution in [0, 0.1) is 0 Å². The molecule has 76 heavy (non-hydrogen) atoms. The first-order valence-electron chi connectivity index (χ1n) is 31.6. The molecule has 0 aliphatic heterocycles. The molecule has 10 heteroatoms. The summed E-state index contributed by atoms with van der Waals surface area (Å²) >= 11 is 0. The van der Waals surface area contributed by atoms with E-state index >= 15 is 0 Å². The van der Waals surface area contributed by atoms with Crippen molar-refractivity contribution in [2.45, 2.75) is 290 Å². The second-order valence-electron chi connectivity index (χ2n) is 22.4. The number of phosphoric ester groups is 1. The Morgan fingerprint density at radius 2 is 0.763 bits per heavy atom. The van der Waals surface area contributed by atoms with E-state index in [2.05, 4.69) is 80.7 Å². The Morgan fingerprint density at radius 1 is 0.421 bits per heavy atom. The number of carbonyl (C=O) groups is 2. The lowest BCUT2D eigenvalue weighted by Gasteiger charge is -2.28. The van der Waals surface area contributed by atoms with Crippen LogP contribution in [0.2, 0.25) is 0 Å². The summed E-state index contributed by atoms with van der Waals surface area (Å²) in [7, 11) is 1.13. The molecule has 0 aromatic rings. The molecular weight excluding hydrogens is 966 g/mol. The highest BCUT2D eigenvalue weighted by molar-refractivity contribution is 7.45. The molecule has 0 fully saturated rings. The third kappa shape index (κ3) is 60.7. The molecule has 0 saturated carbocycles. The second kappa shape index (κ2) is 57.1. The number of likely N-dealkylation sites (N-methyl/N-ethyl adjacent to an activating group) is 1. The lowest BCUT2D eigenvalue weighted by Crippen LogP contribution is -2.37. The van der Waals surface area contributed by atoms with Gasteiger partial charge in [-0.05, 0) is 77.0 Å². The van der Waals surface area contributed by atoms with Gasteiger partial charge in [0.2, 0.25) is 0 Å². The number of nitrogens with zero attached hydrogens (tertiary/aromatic N) is 1. The van der Waals surface area contributed by atoms with Crippen molar-refractivity contribution in [3.05, 3.63) is 72.9 Å². The van der Waals surface area contributed by atoms with E-state index in [1.54, 1.807) is 0 Å². The molecular formula is C66H120NO8P. The molecule has 2 atom stereocenters. The van der Waals surface area contributed by atoms with Crippen LogP contribution in [0.3, 0.4) is 0 Å². The molecule has 2 unspecified atom stereocenters. The zero-order valence-corrected chi connectivity index (χ0v) is 51.1. The van der Waals surface area contributed by atoms with Crippen LogP contribution in [0.25, 0.3) is 0 Å². The second-order valence-corrected chi connectivity index (χ2v) is 23.8. The Morgan fingerprint density at radius 3 is 1.17 bits per heavy atom. The smallest absolute Gasteiger partial charge is 0.306 e. The van der Waals surface area contributed by atoms with Gasteiger partial charge < -0.3 is 27.9 Å². The molecule has 0 aromatic heterocycles. The molecule has 0 aliphatic rings. The van der Waals surface area contributed by atoms with Crippen molar-refractivity contribution in [1.82, 2.24) is 0 Å².